The molecule has 1 amide bonds. The van der Waals surface area contributed by atoms with Crippen molar-refractivity contribution in [3.63, 3.8) is 0 Å². The van der Waals surface area contributed by atoms with Gasteiger partial charge in [-0.1, -0.05) is 53.2 Å². The Bertz CT molecular complexity index is 1160. The standard InChI is InChI=1S/C23H21ClN4O2S/c1-16-7-9-19(10-8-16)28-22(20-6-3-13-30-20)26-27-23(28)31-15-21(29)25-12-11-17-4-2-5-18(24)14-17/h2-10,13-14H,11-12,15H2,1H3,(H,25,29). The molecule has 0 bridgehead atoms. The van der Waals surface area contributed by atoms with E-state index in [9.17, 15) is 4.79 Å². The summed E-state index contributed by atoms with van der Waals surface area (Å²) in [5.74, 6) is 1.38. The number of amides is 1. The molecule has 0 atom stereocenters. The molecule has 4 aromatic rings. The van der Waals surface area contributed by atoms with Crippen molar-refractivity contribution >= 4 is 29.3 Å². The Morgan fingerprint density at radius 2 is 1.97 bits per heavy atom. The zero-order valence-electron chi connectivity index (χ0n) is 16.9. The van der Waals surface area contributed by atoms with E-state index in [-0.39, 0.29) is 11.7 Å². The third kappa shape index (κ3) is 5.37. The van der Waals surface area contributed by atoms with Gasteiger partial charge >= 0.3 is 0 Å². The number of furan rings is 1. The Morgan fingerprint density at radius 3 is 2.71 bits per heavy atom. The van der Waals surface area contributed by atoms with E-state index < -0.39 is 0 Å². The molecule has 2 heterocycles. The quantitative estimate of drug-likeness (QED) is 0.383. The van der Waals surface area contributed by atoms with Crippen LogP contribution in [0.2, 0.25) is 5.02 Å². The van der Waals surface area contributed by atoms with Crippen molar-refractivity contribution in [3.8, 4) is 17.3 Å². The molecule has 0 aliphatic carbocycles. The predicted molar refractivity (Wildman–Crippen MR) is 123 cm³/mol. The summed E-state index contributed by atoms with van der Waals surface area (Å²) < 4.78 is 7.43. The molecule has 6 nitrogen and oxygen atoms in total. The Hall–Kier alpha value is -3.03. The van der Waals surface area contributed by atoms with Gasteiger partial charge in [-0.2, -0.15) is 0 Å². The van der Waals surface area contributed by atoms with Crippen molar-refractivity contribution in [3.05, 3.63) is 83.1 Å². The Kier molecular flexibility index (Phi) is 6.74. The van der Waals surface area contributed by atoms with E-state index in [1.54, 1.807) is 6.26 Å². The van der Waals surface area contributed by atoms with Crippen LogP contribution in [-0.4, -0.2) is 33.0 Å². The van der Waals surface area contributed by atoms with Gasteiger partial charge in [-0.05, 0) is 55.3 Å². The number of carbonyl (C=O) groups is 1. The highest BCUT2D eigenvalue weighted by molar-refractivity contribution is 7.99. The van der Waals surface area contributed by atoms with Crippen LogP contribution < -0.4 is 5.32 Å². The fourth-order valence-electron chi connectivity index (χ4n) is 3.08. The molecule has 0 saturated carbocycles. The van der Waals surface area contributed by atoms with Gasteiger partial charge in [0.2, 0.25) is 11.7 Å². The summed E-state index contributed by atoms with van der Waals surface area (Å²) >= 11 is 7.34. The van der Waals surface area contributed by atoms with Gasteiger partial charge in [0.05, 0.1) is 12.0 Å². The van der Waals surface area contributed by atoms with Gasteiger partial charge in [0.15, 0.2) is 10.9 Å². The summed E-state index contributed by atoms with van der Waals surface area (Å²) in [5.41, 5.74) is 3.15. The minimum atomic E-state index is -0.0648. The molecule has 0 aliphatic rings. The van der Waals surface area contributed by atoms with E-state index in [0.29, 0.717) is 28.3 Å². The normalized spacial score (nSPS) is 10.9. The molecule has 2 aromatic carbocycles. The second-order valence-corrected chi connectivity index (χ2v) is 8.35. The summed E-state index contributed by atoms with van der Waals surface area (Å²) in [4.78, 5) is 12.4. The number of aryl methyl sites for hydroxylation is 1. The van der Waals surface area contributed by atoms with Crippen LogP contribution in [0.15, 0.2) is 76.5 Å². The maximum absolute atomic E-state index is 12.4. The van der Waals surface area contributed by atoms with Crippen molar-refractivity contribution in [1.82, 2.24) is 20.1 Å². The molecule has 0 radical (unpaired) electrons. The molecular formula is C23H21ClN4O2S. The van der Waals surface area contributed by atoms with Crippen molar-refractivity contribution in [1.29, 1.82) is 0 Å². The molecule has 0 saturated heterocycles. The van der Waals surface area contributed by atoms with Crippen LogP contribution in [0.5, 0.6) is 0 Å². The molecule has 8 heteroatoms. The third-order valence-electron chi connectivity index (χ3n) is 4.62. The van der Waals surface area contributed by atoms with Gasteiger partial charge in [0.1, 0.15) is 0 Å². The monoisotopic (exact) mass is 452 g/mol. The molecule has 0 fully saturated rings. The molecule has 0 unspecified atom stereocenters. The number of hydrogen-bond donors (Lipinski definition) is 1. The minimum Gasteiger partial charge on any atom is -0.461 e. The van der Waals surface area contributed by atoms with Crippen LogP contribution in [0, 0.1) is 6.92 Å². The van der Waals surface area contributed by atoms with Crippen LogP contribution in [-0.2, 0) is 11.2 Å². The number of aromatic nitrogens is 3. The first-order valence-corrected chi connectivity index (χ1v) is 11.2. The molecule has 0 aliphatic heterocycles. The van der Waals surface area contributed by atoms with Gasteiger partial charge in [-0.15, -0.1) is 10.2 Å². The van der Waals surface area contributed by atoms with E-state index in [1.807, 2.05) is 72.2 Å². The van der Waals surface area contributed by atoms with Crippen LogP contribution in [0.3, 0.4) is 0 Å². The summed E-state index contributed by atoms with van der Waals surface area (Å²) in [7, 11) is 0. The number of nitrogens with one attached hydrogen (secondary N) is 1. The number of hydrogen-bond acceptors (Lipinski definition) is 5. The molecule has 158 valence electrons. The number of benzene rings is 2. The largest absolute Gasteiger partial charge is 0.461 e. The van der Waals surface area contributed by atoms with Crippen molar-refractivity contribution in [2.45, 2.75) is 18.5 Å². The van der Waals surface area contributed by atoms with Crippen LogP contribution >= 0.6 is 23.4 Å². The predicted octanol–water partition coefficient (Wildman–Crippen LogP) is 4.94. The fourth-order valence-corrected chi connectivity index (χ4v) is 4.07. The summed E-state index contributed by atoms with van der Waals surface area (Å²) in [6, 6.07) is 19.3. The first-order chi connectivity index (χ1) is 15.1. The summed E-state index contributed by atoms with van der Waals surface area (Å²) in [6.45, 7) is 2.58. The molecule has 1 N–H and O–H groups in total. The Labute approximate surface area is 189 Å². The first kappa shape index (κ1) is 21.2. The molecule has 31 heavy (non-hydrogen) atoms. The van der Waals surface area contributed by atoms with Gasteiger partial charge in [0, 0.05) is 17.3 Å². The van der Waals surface area contributed by atoms with E-state index in [4.69, 9.17) is 16.0 Å². The zero-order chi connectivity index (χ0) is 21.6. The van der Waals surface area contributed by atoms with E-state index >= 15 is 0 Å². The van der Waals surface area contributed by atoms with Gasteiger partial charge in [0.25, 0.3) is 0 Å². The summed E-state index contributed by atoms with van der Waals surface area (Å²) in [5, 5.41) is 12.9. The van der Waals surface area contributed by atoms with Gasteiger partial charge < -0.3 is 9.73 Å². The van der Waals surface area contributed by atoms with Crippen LogP contribution in [0.4, 0.5) is 0 Å². The highest BCUT2D eigenvalue weighted by Gasteiger charge is 2.18. The maximum atomic E-state index is 12.4. The molecule has 2 aromatic heterocycles. The van der Waals surface area contributed by atoms with Crippen molar-refractivity contribution in [2.24, 2.45) is 0 Å². The third-order valence-corrected chi connectivity index (χ3v) is 5.79. The Balaban J connectivity index is 1.43. The topological polar surface area (TPSA) is 73.0 Å². The highest BCUT2D eigenvalue weighted by Crippen LogP contribution is 2.28. The maximum Gasteiger partial charge on any atom is 0.230 e. The lowest BCUT2D eigenvalue weighted by Gasteiger charge is -2.10. The first-order valence-electron chi connectivity index (χ1n) is 9.80. The smallest absolute Gasteiger partial charge is 0.230 e. The lowest BCUT2D eigenvalue weighted by molar-refractivity contribution is -0.118. The number of rotatable bonds is 8. The van der Waals surface area contributed by atoms with Crippen LogP contribution in [0.25, 0.3) is 17.3 Å². The van der Waals surface area contributed by atoms with Crippen LogP contribution in [0.1, 0.15) is 11.1 Å². The van der Waals surface area contributed by atoms with E-state index in [2.05, 4.69) is 15.5 Å². The fraction of sp³-hybridized carbons (Fsp3) is 0.174. The number of thioether (sulfide) groups is 1. The summed E-state index contributed by atoms with van der Waals surface area (Å²) in [6.07, 6.45) is 2.32. The van der Waals surface area contributed by atoms with Gasteiger partial charge in [-0.3, -0.25) is 9.36 Å². The minimum absolute atomic E-state index is 0.0648. The molecular weight excluding hydrogens is 432 g/mol. The average Bonchev–Trinajstić information content (AvgIpc) is 3.43. The SMILES string of the molecule is Cc1ccc(-n2c(SCC(=O)NCCc3cccc(Cl)c3)nnc2-c2ccco2)cc1. The van der Waals surface area contributed by atoms with Crippen molar-refractivity contribution in [2.75, 3.05) is 12.3 Å². The lowest BCUT2D eigenvalue weighted by atomic mass is 10.1. The average molecular weight is 453 g/mol. The van der Waals surface area contributed by atoms with E-state index in [0.717, 1.165) is 23.2 Å². The lowest BCUT2D eigenvalue weighted by Crippen LogP contribution is -2.27. The number of nitrogens with zero attached hydrogens (tertiary/aromatic N) is 3. The second kappa shape index (κ2) is 9.85. The highest BCUT2D eigenvalue weighted by atomic mass is 35.5. The van der Waals surface area contributed by atoms with E-state index in [1.165, 1.54) is 11.8 Å². The van der Waals surface area contributed by atoms with Crippen molar-refractivity contribution < 1.29 is 9.21 Å². The number of carbonyl (C=O) groups excluding carboxylic acids is 1. The second-order valence-electron chi connectivity index (χ2n) is 6.97. The molecule has 4 rings (SSSR count). The Morgan fingerprint density at radius 1 is 1.13 bits per heavy atom. The number of halogens is 1. The van der Waals surface area contributed by atoms with Gasteiger partial charge in [-0.25, -0.2) is 0 Å². The molecule has 0 spiro atoms. The zero-order valence-corrected chi connectivity index (χ0v) is 18.5.